The molecule has 0 aromatic heterocycles. The number of ether oxygens (including phenoxy) is 2. The van der Waals surface area contributed by atoms with E-state index >= 15 is 0 Å². The van der Waals surface area contributed by atoms with Crippen molar-refractivity contribution in [1.29, 1.82) is 0 Å². The number of hydrogen-bond donors (Lipinski definition) is 0. The third-order valence-electron chi connectivity index (χ3n) is 9.69. The zero-order valence-corrected chi connectivity index (χ0v) is 37.3. The van der Waals surface area contributed by atoms with Crippen molar-refractivity contribution >= 4 is 19.8 Å². The van der Waals surface area contributed by atoms with E-state index in [4.69, 9.17) is 18.5 Å². The third-order valence-corrected chi connectivity index (χ3v) is 10.7. The summed E-state index contributed by atoms with van der Waals surface area (Å²) < 4.78 is 33.9. The van der Waals surface area contributed by atoms with E-state index in [-0.39, 0.29) is 26.1 Å². The van der Waals surface area contributed by atoms with Gasteiger partial charge in [-0.25, -0.2) is 0 Å². The average Bonchev–Trinajstić information content (AvgIpc) is 3.13. The van der Waals surface area contributed by atoms with Crippen molar-refractivity contribution in [3.63, 3.8) is 0 Å². The minimum atomic E-state index is -4.62. The Labute approximate surface area is 339 Å². The van der Waals surface area contributed by atoms with Crippen LogP contribution < -0.4 is 4.89 Å². The first-order valence-corrected chi connectivity index (χ1v) is 24.0. The Morgan fingerprint density at radius 3 is 1.36 bits per heavy atom. The number of carbonyl (C=O) groups excluding carboxylic acids is 2. The fourth-order valence-corrected chi connectivity index (χ4v) is 6.84. The molecule has 0 aromatic carbocycles. The number of quaternary nitrogens is 1. The van der Waals surface area contributed by atoms with Crippen LogP contribution >= 0.6 is 7.82 Å². The molecule has 10 heteroatoms. The van der Waals surface area contributed by atoms with Crippen molar-refractivity contribution in [1.82, 2.24) is 0 Å². The monoisotopic (exact) mass is 800 g/mol. The van der Waals surface area contributed by atoms with Crippen LogP contribution in [0.5, 0.6) is 0 Å². The van der Waals surface area contributed by atoms with Crippen molar-refractivity contribution in [3.05, 3.63) is 24.3 Å². The highest BCUT2D eigenvalue weighted by atomic mass is 31.2. The van der Waals surface area contributed by atoms with Crippen LogP contribution in [-0.4, -0.2) is 70.0 Å². The van der Waals surface area contributed by atoms with E-state index in [1.165, 1.54) is 103 Å². The number of phosphoric ester groups is 1. The van der Waals surface area contributed by atoms with Gasteiger partial charge in [0, 0.05) is 12.8 Å². The van der Waals surface area contributed by atoms with Gasteiger partial charge in [-0.15, -0.1) is 0 Å². The molecule has 0 aliphatic carbocycles. The summed E-state index contributed by atoms with van der Waals surface area (Å²) in [5, 5.41) is 0. The van der Waals surface area contributed by atoms with E-state index in [1.54, 1.807) is 0 Å². The second-order valence-corrected chi connectivity index (χ2v) is 17.8. The Morgan fingerprint density at radius 2 is 0.927 bits per heavy atom. The van der Waals surface area contributed by atoms with Gasteiger partial charge in [-0.2, -0.15) is 0 Å². The Morgan fingerprint density at radius 1 is 0.545 bits per heavy atom. The summed E-state index contributed by atoms with van der Waals surface area (Å²) in [5.41, 5.74) is 0. The first kappa shape index (κ1) is 53.5. The number of rotatable bonds is 41. The van der Waals surface area contributed by atoms with Crippen LogP contribution in [0.1, 0.15) is 200 Å². The van der Waals surface area contributed by atoms with Gasteiger partial charge in [0.1, 0.15) is 19.8 Å². The second-order valence-electron chi connectivity index (χ2n) is 16.4. The molecule has 0 radical (unpaired) electrons. The summed E-state index contributed by atoms with van der Waals surface area (Å²) in [6.45, 7) is 4.20. The number of unbranched alkanes of at least 4 members (excludes halogenated alkanes) is 23. The number of nitrogens with zero attached hydrogens (tertiary/aromatic N) is 1. The highest BCUT2D eigenvalue weighted by molar-refractivity contribution is 7.45. The van der Waals surface area contributed by atoms with Crippen molar-refractivity contribution in [2.24, 2.45) is 0 Å². The lowest BCUT2D eigenvalue weighted by Crippen LogP contribution is -2.37. The summed E-state index contributed by atoms with van der Waals surface area (Å²) in [6.07, 6.45) is 40.6. The van der Waals surface area contributed by atoms with Crippen molar-refractivity contribution in [3.8, 4) is 0 Å². The standard InChI is InChI=1S/C45H86NO8P/c1-6-8-10-12-14-16-18-20-21-22-23-24-26-28-30-32-34-36-38-45(48)54-43(42-53-55(49,50)52-40-39-46(3,4)5)41-51-44(47)37-35-33-31-29-27-25-19-17-15-13-11-9-7-2/h17,19,21-22,43H,6-16,18,20,23-42H2,1-5H3/b19-17-,22-21-. The first-order valence-electron chi connectivity index (χ1n) is 22.5. The smallest absolute Gasteiger partial charge is 0.306 e. The Bertz CT molecular complexity index is 996. The van der Waals surface area contributed by atoms with E-state index in [9.17, 15) is 19.0 Å². The largest absolute Gasteiger partial charge is 0.756 e. The summed E-state index contributed by atoms with van der Waals surface area (Å²) in [6, 6.07) is 0. The van der Waals surface area contributed by atoms with Gasteiger partial charge in [-0.3, -0.25) is 14.2 Å². The van der Waals surface area contributed by atoms with Gasteiger partial charge in [0.2, 0.25) is 0 Å². The molecule has 0 aromatic rings. The molecule has 0 saturated heterocycles. The molecule has 0 spiro atoms. The van der Waals surface area contributed by atoms with Crippen molar-refractivity contribution < 1.29 is 42.1 Å². The molecule has 0 fully saturated rings. The molecule has 9 nitrogen and oxygen atoms in total. The number of hydrogen-bond acceptors (Lipinski definition) is 8. The molecule has 0 heterocycles. The Kier molecular flexibility index (Phi) is 37.0. The minimum Gasteiger partial charge on any atom is -0.756 e. The highest BCUT2D eigenvalue weighted by Gasteiger charge is 2.21. The molecule has 0 rings (SSSR count). The second kappa shape index (κ2) is 38.0. The van der Waals surface area contributed by atoms with Gasteiger partial charge in [-0.1, -0.05) is 147 Å². The Hall–Kier alpha value is -1.51. The molecular weight excluding hydrogens is 713 g/mol. The van der Waals surface area contributed by atoms with Crippen LogP contribution in [-0.2, 0) is 32.7 Å². The van der Waals surface area contributed by atoms with Crippen LogP contribution in [0.25, 0.3) is 0 Å². The quantitative estimate of drug-likeness (QED) is 0.0198. The fraction of sp³-hybridized carbons (Fsp3) is 0.867. The molecule has 0 saturated carbocycles. The maximum Gasteiger partial charge on any atom is 0.306 e. The van der Waals surface area contributed by atoms with Gasteiger partial charge in [-0.05, 0) is 64.2 Å². The van der Waals surface area contributed by atoms with Crippen LogP contribution in [0.2, 0.25) is 0 Å². The Balaban J connectivity index is 4.34. The van der Waals surface area contributed by atoms with Crippen LogP contribution in [0.3, 0.4) is 0 Å². The predicted octanol–water partition coefficient (Wildman–Crippen LogP) is 12.1. The first-order chi connectivity index (χ1) is 26.5. The number of esters is 2. The summed E-state index contributed by atoms with van der Waals surface area (Å²) in [5.74, 6) is -0.845. The number of allylic oxidation sites excluding steroid dienone is 4. The van der Waals surface area contributed by atoms with E-state index in [0.717, 1.165) is 64.2 Å². The highest BCUT2D eigenvalue weighted by Crippen LogP contribution is 2.38. The van der Waals surface area contributed by atoms with Gasteiger partial charge >= 0.3 is 11.9 Å². The van der Waals surface area contributed by atoms with E-state index in [2.05, 4.69) is 38.2 Å². The van der Waals surface area contributed by atoms with Crippen LogP contribution in [0.4, 0.5) is 0 Å². The zero-order chi connectivity index (χ0) is 40.7. The van der Waals surface area contributed by atoms with Crippen LogP contribution in [0.15, 0.2) is 24.3 Å². The van der Waals surface area contributed by atoms with E-state index in [1.807, 2.05) is 21.1 Å². The maximum absolute atomic E-state index is 12.7. The number of carbonyl (C=O) groups is 2. The zero-order valence-electron chi connectivity index (χ0n) is 36.4. The maximum atomic E-state index is 12.7. The van der Waals surface area contributed by atoms with Crippen LogP contribution in [0, 0.1) is 0 Å². The fourth-order valence-electron chi connectivity index (χ4n) is 6.11. The molecule has 0 bridgehead atoms. The number of likely N-dealkylation sites (N-methyl/N-ethyl adjacent to an activating group) is 1. The normalized spacial score (nSPS) is 13.8. The van der Waals surface area contributed by atoms with Gasteiger partial charge < -0.3 is 27.9 Å². The molecule has 324 valence electrons. The molecule has 0 amide bonds. The molecule has 0 N–H and O–H groups in total. The molecular formula is C45H86NO8P. The summed E-state index contributed by atoms with van der Waals surface area (Å²) >= 11 is 0. The summed E-state index contributed by atoms with van der Waals surface area (Å²) in [4.78, 5) is 37.5. The SMILES string of the molecule is CCCCCC/C=C\CCCCCCCC(=O)OCC(COP(=O)([O-])OCC[N+](C)(C)C)OC(=O)CCCCCCCCC/C=C\CCCCCCCCC. The lowest BCUT2D eigenvalue weighted by atomic mass is 10.1. The topological polar surface area (TPSA) is 111 Å². The molecule has 0 aliphatic rings. The number of phosphoric acid groups is 1. The van der Waals surface area contributed by atoms with E-state index < -0.39 is 32.5 Å². The van der Waals surface area contributed by atoms with Crippen molar-refractivity contribution in [2.45, 2.75) is 206 Å². The van der Waals surface area contributed by atoms with Gasteiger partial charge in [0.25, 0.3) is 7.82 Å². The van der Waals surface area contributed by atoms with E-state index in [0.29, 0.717) is 17.4 Å². The molecule has 0 aliphatic heterocycles. The van der Waals surface area contributed by atoms with Gasteiger partial charge in [0.15, 0.2) is 6.10 Å². The average molecular weight is 800 g/mol. The molecule has 55 heavy (non-hydrogen) atoms. The lowest BCUT2D eigenvalue weighted by Gasteiger charge is -2.28. The molecule has 2 unspecified atom stereocenters. The van der Waals surface area contributed by atoms with Gasteiger partial charge in [0.05, 0.1) is 27.7 Å². The predicted molar refractivity (Wildman–Crippen MR) is 227 cm³/mol. The molecule has 2 atom stereocenters. The van der Waals surface area contributed by atoms with Crippen molar-refractivity contribution in [2.75, 3.05) is 47.5 Å². The lowest BCUT2D eigenvalue weighted by molar-refractivity contribution is -0.870. The summed E-state index contributed by atoms with van der Waals surface area (Å²) in [7, 11) is 1.16. The minimum absolute atomic E-state index is 0.0318. The third kappa shape index (κ3) is 41.9.